The van der Waals surface area contributed by atoms with Crippen molar-refractivity contribution in [2.75, 3.05) is 0 Å². The summed E-state index contributed by atoms with van der Waals surface area (Å²) in [5, 5.41) is 0. The second-order valence-electron chi connectivity index (χ2n) is 9.04. The van der Waals surface area contributed by atoms with Crippen molar-refractivity contribution in [2.45, 2.75) is 72.3 Å². The van der Waals surface area contributed by atoms with E-state index in [0.29, 0.717) is 16.9 Å². The third-order valence-electron chi connectivity index (χ3n) is 6.26. The number of rotatable bonds is 8. The Balaban J connectivity index is 2.80. The molecule has 0 unspecified atom stereocenters. The van der Waals surface area contributed by atoms with Crippen molar-refractivity contribution in [1.82, 2.24) is 0 Å². The van der Waals surface area contributed by atoms with E-state index in [1.54, 1.807) is 0 Å². The predicted octanol–water partition coefficient (Wildman–Crippen LogP) is 7.11. The monoisotopic (exact) mass is 438 g/mol. The number of benzene rings is 2. The molecule has 0 radical (unpaired) electrons. The van der Waals surface area contributed by atoms with Crippen molar-refractivity contribution in [3.8, 4) is 0 Å². The first-order valence-electron chi connectivity index (χ1n) is 10.5. The molecule has 3 heteroatoms. The number of hydrogen-bond donors (Lipinski definition) is 0. The Kier molecular flexibility index (Phi) is 8.18. The molecule has 27 heavy (non-hydrogen) atoms. The first-order valence-corrected chi connectivity index (χ1v) is 16.9. The van der Waals surface area contributed by atoms with Crippen LogP contribution in [-0.2, 0) is 35.9 Å². The van der Waals surface area contributed by atoms with Crippen molar-refractivity contribution < 1.29 is 35.9 Å². The standard InChI is InChI=1S/2C6H5.4C3H7.O.2Ti/c2*1-2-4-6-5-3-1;4*1-3-2;;;/h2*1-5H;4*3H,1-2H3;;;. The molecule has 0 amide bonds. The van der Waals surface area contributed by atoms with Gasteiger partial charge in [-0.1, -0.05) is 0 Å². The third-order valence-corrected chi connectivity index (χ3v) is 26.4. The molecule has 0 N–H and O–H groups in total. The van der Waals surface area contributed by atoms with Crippen LogP contribution in [0.3, 0.4) is 0 Å². The quantitative estimate of drug-likeness (QED) is 0.400. The van der Waals surface area contributed by atoms with E-state index in [-0.39, 0.29) is 0 Å². The van der Waals surface area contributed by atoms with Crippen LogP contribution in [0.4, 0.5) is 0 Å². The fourth-order valence-corrected chi connectivity index (χ4v) is 30.0. The molecule has 0 heterocycles. The van der Waals surface area contributed by atoms with Gasteiger partial charge in [-0.15, -0.1) is 0 Å². The first kappa shape index (κ1) is 23.1. The normalized spacial score (nSPS) is 13.2. The van der Waals surface area contributed by atoms with Crippen molar-refractivity contribution in [3.05, 3.63) is 60.7 Å². The van der Waals surface area contributed by atoms with Gasteiger partial charge in [0.25, 0.3) is 0 Å². The molecule has 0 atom stereocenters. The zero-order valence-electron chi connectivity index (χ0n) is 18.5. The predicted molar refractivity (Wildman–Crippen MR) is 114 cm³/mol. The van der Waals surface area contributed by atoms with Crippen LogP contribution in [-0.4, -0.2) is 0 Å². The Morgan fingerprint density at radius 3 is 1.11 bits per heavy atom. The summed E-state index contributed by atoms with van der Waals surface area (Å²) in [5.74, 6) is 0. The molecule has 0 saturated carbocycles. The summed E-state index contributed by atoms with van der Waals surface area (Å²) in [6.07, 6.45) is 0. The van der Waals surface area contributed by atoms with E-state index in [0.717, 1.165) is 0 Å². The molecule has 2 aromatic rings. The van der Waals surface area contributed by atoms with E-state index < -0.39 is 34.0 Å². The van der Waals surface area contributed by atoms with E-state index in [4.69, 9.17) is 1.90 Å². The molecule has 2 aromatic carbocycles. The summed E-state index contributed by atoms with van der Waals surface area (Å²) in [4.78, 5) is 0. The Labute approximate surface area is 175 Å². The van der Waals surface area contributed by atoms with Crippen LogP contribution >= 0.6 is 0 Å². The molecule has 0 fully saturated rings. The van der Waals surface area contributed by atoms with Gasteiger partial charge in [-0.2, -0.15) is 0 Å². The summed E-state index contributed by atoms with van der Waals surface area (Å²) < 4.78 is 13.2. The molecule has 148 valence electrons. The summed E-state index contributed by atoms with van der Waals surface area (Å²) in [6, 6.07) is 22.4. The molecule has 0 aliphatic carbocycles. The van der Waals surface area contributed by atoms with Crippen LogP contribution in [0.5, 0.6) is 0 Å². The van der Waals surface area contributed by atoms with E-state index >= 15 is 0 Å². The van der Waals surface area contributed by atoms with Gasteiger partial charge in [0.2, 0.25) is 0 Å². The molecule has 0 aliphatic heterocycles. The maximum absolute atomic E-state index is 7.82. The van der Waals surface area contributed by atoms with Crippen molar-refractivity contribution >= 4 is 7.74 Å². The van der Waals surface area contributed by atoms with Gasteiger partial charge in [0.15, 0.2) is 0 Å². The first-order chi connectivity index (χ1) is 12.7. The van der Waals surface area contributed by atoms with Crippen LogP contribution in [0, 0.1) is 0 Å². The van der Waals surface area contributed by atoms with Crippen molar-refractivity contribution in [2.24, 2.45) is 0 Å². The molecular formula is C24H38OTi2. The van der Waals surface area contributed by atoms with Gasteiger partial charge >= 0.3 is 177 Å². The van der Waals surface area contributed by atoms with Crippen molar-refractivity contribution in [1.29, 1.82) is 0 Å². The van der Waals surface area contributed by atoms with Gasteiger partial charge in [0, 0.05) is 0 Å². The topological polar surface area (TPSA) is 9.23 Å². The average Bonchev–Trinajstić information content (AvgIpc) is 2.63. The third kappa shape index (κ3) is 4.39. The Hall–Kier alpha value is -0.171. The molecule has 0 bridgehead atoms. The summed E-state index contributed by atoms with van der Waals surface area (Å²) in [7, 11) is 0. The van der Waals surface area contributed by atoms with Gasteiger partial charge in [-0.05, 0) is 0 Å². The van der Waals surface area contributed by atoms with Gasteiger partial charge < -0.3 is 0 Å². The summed E-state index contributed by atoms with van der Waals surface area (Å²) in [5.41, 5.74) is 0. The summed E-state index contributed by atoms with van der Waals surface area (Å²) >= 11 is -5.71. The molecule has 2 rings (SSSR count). The van der Waals surface area contributed by atoms with Gasteiger partial charge in [-0.3, -0.25) is 0 Å². The van der Waals surface area contributed by atoms with E-state index in [1.807, 2.05) is 0 Å². The molecule has 0 aliphatic rings. The molecule has 1 nitrogen and oxygen atoms in total. The average molecular weight is 438 g/mol. The van der Waals surface area contributed by atoms with Crippen LogP contribution in [0.1, 0.15) is 55.4 Å². The zero-order chi connectivity index (χ0) is 20.2. The van der Waals surface area contributed by atoms with Crippen LogP contribution in [0.25, 0.3) is 0 Å². The van der Waals surface area contributed by atoms with Crippen LogP contribution in [0.2, 0.25) is 16.9 Å². The maximum atomic E-state index is 7.82. The fraction of sp³-hybridized carbons (Fsp3) is 0.500. The molecule has 0 spiro atoms. The minimum atomic E-state index is -3.05. The van der Waals surface area contributed by atoms with Crippen LogP contribution in [0.15, 0.2) is 60.7 Å². The van der Waals surface area contributed by atoms with Crippen molar-refractivity contribution in [3.63, 3.8) is 0 Å². The minimum absolute atomic E-state index is 0.524. The Bertz CT molecular complexity index is 632. The van der Waals surface area contributed by atoms with E-state index in [2.05, 4.69) is 116 Å². The zero-order valence-corrected chi connectivity index (χ0v) is 21.6. The molecular weight excluding hydrogens is 400 g/mol. The second-order valence-corrected chi connectivity index (χ2v) is 24.7. The van der Waals surface area contributed by atoms with Gasteiger partial charge in [-0.25, -0.2) is 0 Å². The molecule has 0 aromatic heterocycles. The fourth-order valence-electron chi connectivity index (χ4n) is 5.07. The van der Waals surface area contributed by atoms with Gasteiger partial charge in [0.1, 0.15) is 0 Å². The Morgan fingerprint density at radius 2 is 0.852 bits per heavy atom. The SMILES string of the molecule is C[CH](C)[Ti]([O][Ti]([CH](C)C)([CH](C)C)[CH](C)C)([c]1ccccc1)[c]1ccccc1. The Morgan fingerprint density at radius 1 is 0.519 bits per heavy atom. The molecule has 0 saturated heterocycles. The van der Waals surface area contributed by atoms with E-state index in [1.165, 1.54) is 7.74 Å². The number of hydrogen-bond acceptors (Lipinski definition) is 1. The van der Waals surface area contributed by atoms with Crippen LogP contribution < -0.4 is 7.74 Å². The van der Waals surface area contributed by atoms with Gasteiger partial charge in [0.05, 0.1) is 0 Å². The second kappa shape index (κ2) is 9.55. The van der Waals surface area contributed by atoms with E-state index in [9.17, 15) is 0 Å². The summed E-state index contributed by atoms with van der Waals surface area (Å²) in [6.45, 7) is 19.3.